The largest absolute Gasteiger partial charge is 0.497 e. The van der Waals surface area contributed by atoms with Crippen LogP contribution < -0.4 is 10.1 Å². The molecular formula is C14H15NO4. The molecule has 5 nitrogen and oxygen atoms in total. The Labute approximate surface area is 111 Å². The van der Waals surface area contributed by atoms with Gasteiger partial charge in [-0.3, -0.25) is 4.79 Å². The number of ketones is 1. The number of allylic oxidation sites excluding steroid dienone is 1. The third kappa shape index (κ3) is 3.13. The first-order valence-corrected chi connectivity index (χ1v) is 5.95. The quantitative estimate of drug-likeness (QED) is 0.504. The summed E-state index contributed by atoms with van der Waals surface area (Å²) in [6.07, 6.45) is 1.08. The number of nitrogens with one attached hydrogen (secondary N) is 1. The van der Waals surface area contributed by atoms with Gasteiger partial charge in [-0.1, -0.05) is 0 Å². The van der Waals surface area contributed by atoms with Gasteiger partial charge in [0.25, 0.3) is 0 Å². The predicted octanol–water partition coefficient (Wildman–Crippen LogP) is 1.30. The van der Waals surface area contributed by atoms with E-state index < -0.39 is 5.97 Å². The maximum Gasteiger partial charge on any atom is 0.354 e. The zero-order valence-corrected chi connectivity index (χ0v) is 10.8. The molecule has 1 N–H and O–H groups in total. The molecule has 1 aromatic carbocycles. The number of hydrogen-bond acceptors (Lipinski definition) is 5. The van der Waals surface area contributed by atoms with Gasteiger partial charge in [0.2, 0.25) is 0 Å². The van der Waals surface area contributed by atoms with Crippen LogP contribution in [0.25, 0.3) is 0 Å². The number of ether oxygens (including phenoxy) is 2. The molecule has 1 aromatic rings. The van der Waals surface area contributed by atoms with E-state index in [9.17, 15) is 9.59 Å². The fourth-order valence-corrected chi connectivity index (χ4v) is 1.69. The standard InChI is InChI=1S/C14H15NO4/c1-9-8-15-12(14(17)19-9)7-13(16)10-3-5-11(18-2)6-4-10/h3-7,9,15H,8H2,1-2H3/b12-7-. The molecule has 0 bridgehead atoms. The van der Waals surface area contributed by atoms with Crippen molar-refractivity contribution in [1.29, 1.82) is 0 Å². The van der Waals surface area contributed by atoms with Crippen LogP contribution in [0.15, 0.2) is 36.0 Å². The first-order chi connectivity index (χ1) is 9.10. The average Bonchev–Trinajstić information content (AvgIpc) is 2.42. The lowest BCUT2D eigenvalue weighted by Crippen LogP contribution is -2.39. The molecule has 1 unspecified atom stereocenters. The lowest BCUT2D eigenvalue weighted by molar-refractivity contribution is -0.146. The van der Waals surface area contributed by atoms with E-state index in [2.05, 4.69) is 5.32 Å². The number of cyclic esters (lactones) is 1. The fraction of sp³-hybridized carbons (Fsp3) is 0.286. The fourth-order valence-electron chi connectivity index (χ4n) is 1.69. The lowest BCUT2D eigenvalue weighted by Gasteiger charge is -2.22. The smallest absolute Gasteiger partial charge is 0.354 e. The molecule has 0 aromatic heterocycles. The molecular weight excluding hydrogens is 246 g/mol. The molecule has 1 aliphatic heterocycles. The highest BCUT2D eigenvalue weighted by molar-refractivity contribution is 6.08. The van der Waals surface area contributed by atoms with Crippen molar-refractivity contribution >= 4 is 11.8 Å². The highest BCUT2D eigenvalue weighted by Crippen LogP contribution is 2.13. The van der Waals surface area contributed by atoms with Crippen LogP contribution in [0.4, 0.5) is 0 Å². The topological polar surface area (TPSA) is 64.6 Å². The molecule has 0 spiro atoms. The summed E-state index contributed by atoms with van der Waals surface area (Å²) >= 11 is 0. The van der Waals surface area contributed by atoms with Gasteiger partial charge < -0.3 is 14.8 Å². The van der Waals surface area contributed by atoms with Crippen molar-refractivity contribution in [3.05, 3.63) is 41.6 Å². The summed E-state index contributed by atoms with van der Waals surface area (Å²) in [7, 11) is 1.56. The van der Waals surface area contributed by atoms with Crippen LogP contribution in [-0.2, 0) is 9.53 Å². The summed E-state index contributed by atoms with van der Waals surface area (Å²) in [6, 6.07) is 6.69. The number of hydrogen-bond donors (Lipinski definition) is 1. The molecule has 19 heavy (non-hydrogen) atoms. The molecule has 2 rings (SSSR count). The van der Waals surface area contributed by atoms with Crippen molar-refractivity contribution < 1.29 is 19.1 Å². The molecule has 1 saturated heterocycles. The highest BCUT2D eigenvalue weighted by Gasteiger charge is 2.22. The van der Waals surface area contributed by atoms with E-state index in [1.165, 1.54) is 6.08 Å². The number of esters is 1. The van der Waals surface area contributed by atoms with Gasteiger partial charge in [0.15, 0.2) is 5.78 Å². The Morgan fingerprint density at radius 3 is 2.68 bits per heavy atom. The van der Waals surface area contributed by atoms with Gasteiger partial charge in [-0.2, -0.15) is 0 Å². The van der Waals surface area contributed by atoms with Crippen LogP contribution in [-0.4, -0.2) is 31.5 Å². The van der Waals surface area contributed by atoms with E-state index in [0.717, 1.165) is 0 Å². The van der Waals surface area contributed by atoms with Gasteiger partial charge in [0, 0.05) is 11.6 Å². The Bertz CT molecular complexity index is 519. The molecule has 0 amide bonds. The summed E-state index contributed by atoms with van der Waals surface area (Å²) < 4.78 is 10.0. The molecule has 100 valence electrons. The minimum atomic E-state index is -0.499. The monoisotopic (exact) mass is 261 g/mol. The lowest BCUT2D eigenvalue weighted by atomic mass is 10.1. The van der Waals surface area contributed by atoms with Crippen molar-refractivity contribution in [3.8, 4) is 5.75 Å². The average molecular weight is 261 g/mol. The normalized spacial score (nSPS) is 20.6. The summed E-state index contributed by atoms with van der Waals surface area (Å²) in [5, 5.41) is 2.88. The molecule has 1 fully saturated rings. The minimum absolute atomic E-state index is 0.180. The number of benzene rings is 1. The zero-order chi connectivity index (χ0) is 13.8. The van der Waals surface area contributed by atoms with E-state index in [1.807, 2.05) is 0 Å². The van der Waals surface area contributed by atoms with Crippen molar-refractivity contribution in [2.24, 2.45) is 0 Å². The number of morpholine rings is 1. The molecule has 5 heteroatoms. The summed E-state index contributed by atoms with van der Waals surface area (Å²) in [6.45, 7) is 2.29. The summed E-state index contributed by atoms with van der Waals surface area (Å²) in [5.41, 5.74) is 0.681. The van der Waals surface area contributed by atoms with Gasteiger partial charge >= 0.3 is 5.97 Å². The Kier molecular flexibility index (Phi) is 3.85. The first-order valence-electron chi connectivity index (χ1n) is 5.95. The van der Waals surface area contributed by atoms with Crippen LogP contribution in [0.5, 0.6) is 5.75 Å². The van der Waals surface area contributed by atoms with E-state index in [4.69, 9.17) is 9.47 Å². The Balaban J connectivity index is 2.13. The third-order valence-corrected chi connectivity index (χ3v) is 2.76. The van der Waals surface area contributed by atoms with E-state index in [1.54, 1.807) is 38.3 Å². The number of carbonyl (C=O) groups excluding carboxylic acids is 2. The molecule has 1 heterocycles. The van der Waals surface area contributed by atoms with Crippen molar-refractivity contribution in [2.75, 3.05) is 13.7 Å². The minimum Gasteiger partial charge on any atom is -0.497 e. The third-order valence-electron chi connectivity index (χ3n) is 2.76. The molecule has 0 saturated carbocycles. The predicted molar refractivity (Wildman–Crippen MR) is 69.0 cm³/mol. The van der Waals surface area contributed by atoms with Gasteiger partial charge in [0.1, 0.15) is 17.6 Å². The van der Waals surface area contributed by atoms with Gasteiger partial charge in [-0.05, 0) is 31.2 Å². The van der Waals surface area contributed by atoms with Crippen molar-refractivity contribution in [1.82, 2.24) is 5.32 Å². The second-order valence-electron chi connectivity index (χ2n) is 4.25. The maximum absolute atomic E-state index is 12.0. The van der Waals surface area contributed by atoms with Crippen LogP contribution in [0, 0.1) is 0 Å². The van der Waals surface area contributed by atoms with Gasteiger partial charge in [-0.15, -0.1) is 0 Å². The summed E-state index contributed by atoms with van der Waals surface area (Å²) in [4.78, 5) is 23.5. The van der Waals surface area contributed by atoms with Crippen LogP contribution in [0.1, 0.15) is 17.3 Å². The molecule has 0 radical (unpaired) electrons. The van der Waals surface area contributed by atoms with Gasteiger partial charge in [0.05, 0.1) is 13.7 Å². The van der Waals surface area contributed by atoms with Crippen LogP contribution in [0.2, 0.25) is 0 Å². The molecule has 1 aliphatic rings. The Morgan fingerprint density at radius 2 is 2.11 bits per heavy atom. The SMILES string of the molecule is COc1ccc(C(=O)/C=C2\NCC(C)OC2=O)cc1. The van der Waals surface area contributed by atoms with Crippen LogP contribution in [0.3, 0.4) is 0 Å². The van der Waals surface area contributed by atoms with E-state index >= 15 is 0 Å². The second-order valence-corrected chi connectivity index (χ2v) is 4.25. The zero-order valence-electron chi connectivity index (χ0n) is 10.8. The number of rotatable bonds is 3. The highest BCUT2D eigenvalue weighted by atomic mass is 16.5. The maximum atomic E-state index is 12.0. The van der Waals surface area contributed by atoms with Crippen LogP contribution >= 0.6 is 0 Å². The van der Waals surface area contributed by atoms with Gasteiger partial charge in [-0.25, -0.2) is 4.79 Å². The Morgan fingerprint density at radius 1 is 1.42 bits per heavy atom. The van der Waals surface area contributed by atoms with E-state index in [-0.39, 0.29) is 17.6 Å². The van der Waals surface area contributed by atoms with Crippen molar-refractivity contribution in [3.63, 3.8) is 0 Å². The Hall–Kier alpha value is -2.30. The number of methoxy groups -OCH3 is 1. The summed E-state index contributed by atoms with van der Waals surface area (Å²) in [5.74, 6) is -0.0782. The van der Waals surface area contributed by atoms with E-state index in [0.29, 0.717) is 17.9 Å². The number of carbonyl (C=O) groups is 2. The first kappa shape index (κ1) is 13.1. The molecule has 0 aliphatic carbocycles. The second kappa shape index (κ2) is 5.56. The van der Waals surface area contributed by atoms with Crippen molar-refractivity contribution in [2.45, 2.75) is 13.0 Å². The molecule has 1 atom stereocenters.